The lowest BCUT2D eigenvalue weighted by molar-refractivity contribution is 0.0937. The molecule has 0 saturated heterocycles. The molecule has 112 valence electrons. The van der Waals surface area contributed by atoms with Gasteiger partial charge in [0.1, 0.15) is 16.5 Å². The molecule has 0 aliphatic carbocycles. The smallest absolute Gasteiger partial charge is 0.255 e. The van der Waals surface area contributed by atoms with Crippen molar-refractivity contribution in [1.29, 1.82) is 0 Å². The summed E-state index contributed by atoms with van der Waals surface area (Å²) < 4.78 is 5.07. The number of aromatic hydroxyl groups is 1. The number of phenols is 1. The normalized spacial score (nSPS) is 12.0. The number of hydrogen-bond acceptors (Lipinski definition) is 5. The maximum atomic E-state index is 12.2. The van der Waals surface area contributed by atoms with Crippen LogP contribution >= 0.6 is 11.3 Å². The van der Waals surface area contributed by atoms with E-state index in [2.05, 4.69) is 17.2 Å². The Morgan fingerprint density at radius 3 is 2.90 bits per heavy atom. The van der Waals surface area contributed by atoms with Crippen molar-refractivity contribution in [3.05, 3.63) is 39.8 Å². The second kappa shape index (κ2) is 6.58. The molecule has 1 unspecified atom stereocenters. The molecule has 0 spiro atoms. The van der Waals surface area contributed by atoms with Crippen LogP contribution in [0.1, 0.15) is 40.1 Å². The number of nitrogens with one attached hydrogen (secondary N) is 1. The standard InChI is InChI=1S/C15H18N2O3S/c1-4-11-8-16-15(21-11)9(2)17-14(19)12-7-10(20-3)5-6-13(12)18/h5-9,18H,4H2,1-3H3,(H,17,19). The third-order valence-corrected chi connectivity index (χ3v) is 4.41. The zero-order valence-electron chi connectivity index (χ0n) is 12.2. The van der Waals surface area contributed by atoms with Crippen molar-refractivity contribution in [2.75, 3.05) is 7.11 Å². The third kappa shape index (κ3) is 3.52. The third-order valence-electron chi connectivity index (χ3n) is 3.09. The quantitative estimate of drug-likeness (QED) is 0.891. The SMILES string of the molecule is CCc1cnc(C(C)NC(=O)c2cc(OC)ccc2O)s1. The van der Waals surface area contributed by atoms with Gasteiger partial charge in [-0.25, -0.2) is 4.98 Å². The molecule has 2 aromatic rings. The number of rotatable bonds is 5. The molecule has 2 N–H and O–H groups in total. The average Bonchev–Trinajstić information content (AvgIpc) is 2.96. The second-order valence-corrected chi connectivity index (χ2v) is 5.74. The van der Waals surface area contributed by atoms with Gasteiger partial charge >= 0.3 is 0 Å². The van der Waals surface area contributed by atoms with E-state index in [1.54, 1.807) is 17.4 Å². The van der Waals surface area contributed by atoms with Crippen LogP contribution in [0.25, 0.3) is 0 Å². The van der Waals surface area contributed by atoms with Gasteiger partial charge in [0.15, 0.2) is 0 Å². The number of thiazole rings is 1. The minimum atomic E-state index is -0.354. The largest absolute Gasteiger partial charge is 0.507 e. The maximum absolute atomic E-state index is 12.2. The van der Waals surface area contributed by atoms with Gasteiger partial charge in [0.05, 0.1) is 18.7 Å². The number of ether oxygens (including phenoxy) is 1. The van der Waals surface area contributed by atoms with Gasteiger partial charge in [-0.3, -0.25) is 4.79 Å². The number of aryl methyl sites for hydroxylation is 1. The predicted molar refractivity (Wildman–Crippen MR) is 82.0 cm³/mol. The lowest BCUT2D eigenvalue weighted by atomic mass is 10.1. The molecular formula is C15H18N2O3S. The highest BCUT2D eigenvalue weighted by Crippen LogP contribution is 2.25. The highest BCUT2D eigenvalue weighted by molar-refractivity contribution is 7.11. The summed E-state index contributed by atoms with van der Waals surface area (Å²) in [4.78, 5) is 17.7. The Morgan fingerprint density at radius 2 is 2.29 bits per heavy atom. The topological polar surface area (TPSA) is 71.5 Å². The van der Waals surface area contributed by atoms with Crippen LogP contribution in [0.5, 0.6) is 11.5 Å². The number of carbonyl (C=O) groups is 1. The molecule has 6 heteroatoms. The summed E-state index contributed by atoms with van der Waals surface area (Å²) in [5, 5.41) is 13.5. The summed E-state index contributed by atoms with van der Waals surface area (Å²) in [6, 6.07) is 4.34. The number of methoxy groups -OCH3 is 1. The van der Waals surface area contributed by atoms with Gasteiger partial charge in [-0.15, -0.1) is 11.3 Å². The Labute approximate surface area is 127 Å². The van der Waals surface area contributed by atoms with Crippen LogP contribution in [0.15, 0.2) is 24.4 Å². The van der Waals surface area contributed by atoms with Crippen molar-refractivity contribution < 1.29 is 14.6 Å². The second-order valence-electron chi connectivity index (χ2n) is 4.60. The molecule has 1 aromatic carbocycles. The molecule has 1 aromatic heterocycles. The zero-order chi connectivity index (χ0) is 15.4. The highest BCUT2D eigenvalue weighted by atomic mass is 32.1. The monoisotopic (exact) mass is 306 g/mol. The van der Waals surface area contributed by atoms with Crippen LogP contribution in [0, 0.1) is 0 Å². The van der Waals surface area contributed by atoms with E-state index in [1.807, 2.05) is 13.1 Å². The molecule has 21 heavy (non-hydrogen) atoms. The number of amides is 1. The van der Waals surface area contributed by atoms with E-state index < -0.39 is 0 Å². The molecule has 0 radical (unpaired) electrons. The number of nitrogens with zero attached hydrogens (tertiary/aromatic N) is 1. The van der Waals surface area contributed by atoms with Gasteiger partial charge in [0.2, 0.25) is 0 Å². The molecule has 0 fully saturated rings. The summed E-state index contributed by atoms with van der Waals surface area (Å²) in [5.41, 5.74) is 0.188. The number of aromatic nitrogens is 1. The van der Waals surface area contributed by atoms with Crippen LogP contribution in [0.3, 0.4) is 0 Å². The van der Waals surface area contributed by atoms with Crippen molar-refractivity contribution >= 4 is 17.2 Å². The van der Waals surface area contributed by atoms with Crippen molar-refractivity contribution in [2.24, 2.45) is 0 Å². The lowest BCUT2D eigenvalue weighted by Gasteiger charge is -2.12. The molecule has 0 bridgehead atoms. The number of benzene rings is 1. The zero-order valence-corrected chi connectivity index (χ0v) is 13.0. The Kier molecular flexibility index (Phi) is 4.80. The molecule has 1 heterocycles. The fourth-order valence-corrected chi connectivity index (χ4v) is 2.71. The van der Waals surface area contributed by atoms with Gasteiger partial charge in [0, 0.05) is 11.1 Å². The Balaban J connectivity index is 2.13. The van der Waals surface area contributed by atoms with Crippen molar-refractivity contribution in [1.82, 2.24) is 10.3 Å². The van der Waals surface area contributed by atoms with E-state index in [-0.39, 0.29) is 23.3 Å². The van der Waals surface area contributed by atoms with Crippen molar-refractivity contribution in [2.45, 2.75) is 26.3 Å². The van der Waals surface area contributed by atoms with Gasteiger partial charge in [-0.1, -0.05) is 6.92 Å². The summed E-state index contributed by atoms with van der Waals surface area (Å²) in [6.07, 6.45) is 2.75. The van der Waals surface area contributed by atoms with Gasteiger partial charge in [-0.05, 0) is 31.5 Å². The molecule has 1 atom stereocenters. The van der Waals surface area contributed by atoms with Crippen LogP contribution in [-0.2, 0) is 6.42 Å². The van der Waals surface area contributed by atoms with Gasteiger partial charge < -0.3 is 15.2 Å². The van der Waals surface area contributed by atoms with E-state index >= 15 is 0 Å². The van der Waals surface area contributed by atoms with Crippen LogP contribution in [0.4, 0.5) is 0 Å². The average molecular weight is 306 g/mol. The highest BCUT2D eigenvalue weighted by Gasteiger charge is 2.17. The van der Waals surface area contributed by atoms with E-state index in [4.69, 9.17) is 4.74 Å². The van der Waals surface area contributed by atoms with E-state index in [9.17, 15) is 9.90 Å². The number of hydrogen-bond donors (Lipinski definition) is 2. The summed E-state index contributed by atoms with van der Waals surface area (Å²) in [6.45, 7) is 3.93. The number of phenolic OH excluding ortho intramolecular Hbond substituents is 1. The summed E-state index contributed by atoms with van der Waals surface area (Å²) in [7, 11) is 1.51. The minimum absolute atomic E-state index is 0.0751. The van der Waals surface area contributed by atoms with Crippen molar-refractivity contribution in [3.63, 3.8) is 0 Å². The van der Waals surface area contributed by atoms with Crippen LogP contribution in [0.2, 0.25) is 0 Å². The molecule has 0 saturated carbocycles. The van der Waals surface area contributed by atoms with Crippen LogP contribution < -0.4 is 10.1 Å². The van der Waals surface area contributed by atoms with Gasteiger partial charge in [-0.2, -0.15) is 0 Å². The number of carbonyl (C=O) groups excluding carboxylic acids is 1. The Hall–Kier alpha value is -2.08. The molecule has 5 nitrogen and oxygen atoms in total. The van der Waals surface area contributed by atoms with E-state index in [1.165, 1.54) is 24.1 Å². The first-order chi connectivity index (χ1) is 10.0. The molecule has 0 aliphatic rings. The van der Waals surface area contributed by atoms with Crippen LogP contribution in [-0.4, -0.2) is 23.1 Å². The molecule has 1 amide bonds. The summed E-state index contributed by atoms with van der Waals surface area (Å²) in [5.74, 6) is 0.0918. The first-order valence-electron chi connectivity index (χ1n) is 6.67. The maximum Gasteiger partial charge on any atom is 0.255 e. The Bertz CT molecular complexity index is 640. The molecule has 2 rings (SSSR count). The van der Waals surface area contributed by atoms with E-state index in [0.717, 1.165) is 11.4 Å². The van der Waals surface area contributed by atoms with E-state index in [0.29, 0.717) is 5.75 Å². The fourth-order valence-electron chi connectivity index (χ4n) is 1.85. The first-order valence-corrected chi connectivity index (χ1v) is 7.49. The fraction of sp³-hybridized carbons (Fsp3) is 0.333. The van der Waals surface area contributed by atoms with Crippen molar-refractivity contribution in [3.8, 4) is 11.5 Å². The predicted octanol–water partition coefficient (Wildman–Crippen LogP) is 2.91. The van der Waals surface area contributed by atoms with Gasteiger partial charge in [0.25, 0.3) is 5.91 Å². The first kappa shape index (κ1) is 15.3. The summed E-state index contributed by atoms with van der Waals surface area (Å²) >= 11 is 1.58. The molecule has 0 aliphatic heterocycles. The minimum Gasteiger partial charge on any atom is -0.507 e. The molecular weight excluding hydrogens is 288 g/mol. The Morgan fingerprint density at radius 1 is 1.52 bits per heavy atom. The lowest BCUT2D eigenvalue weighted by Crippen LogP contribution is -2.26.